The average Bonchev–Trinajstić information content (AvgIpc) is 2.95. The minimum atomic E-state index is -4.18. The van der Waals surface area contributed by atoms with Crippen LogP contribution in [-0.4, -0.2) is 62.6 Å². The summed E-state index contributed by atoms with van der Waals surface area (Å²) in [4.78, 5) is 12.8. The zero-order valence-corrected chi connectivity index (χ0v) is 23.4. The summed E-state index contributed by atoms with van der Waals surface area (Å²) in [5, 5.41) is 3.98. The molecule has 12 heteroatoms. The number of methoxy groups -OCH3 is 5. The van der Waals surface area contributed by atoms with Gasteiger partial charge in [-0.3, -0.25) is 9.10 Å². The van der Waals surface area contributed by atoms with E-state index in [0.717, 1.165) is 9.87 Å². The van der Waals surface area contributed by atoms with E-state index < -0.39 is 22.5 Å². The Morgan fingerprint density at radius 1 is 0.821 bits per heavy atom. The number of nitrogens with one attached hydrogen (secondary N) is 1. The van der Waals surface area contributed by atoms with Gasteiger partial charge in [-0.25, -0.2) is 13.8 Å². The lowest BCUT2D eigenvalue weighted by molar-refractivity contribution is -0.119. The van der Waals surface area contributed by atoms with Gasteiger partial charge < -0.3 is 23.7 Å². The Kier molecular flexibility index (Phi) is 9.61. The zero-order chi connectivity index (χ0) is 28.6. The van der Waals surface area contributed by atoms with Crippen LogP contribution < -0.4 is 33.4 Å². The fraction of sp³-hybridized carbons (Fsp3) is 0.259. The molecule has 0 saturated heterocycles. The van der Waals surface area contributed by atoms with Crippen LogP contribution in [0.3, 0.4) is 0 Å². The van der Waals surface area contributed by atoms with Crippen molar-refractivity contribution in [3.8, 4) is 28.7 Å². The van der Waals surface area contributed by atoms with Crippen LogP contribution in [0.1, 0.15) is 11.1 Å². The minimum Gasteiger partial charge on any atom is -0.493 e. The highest BCUT2D eigenvalue weighted by atomic mass is 32.2. The van der Waals surface area contributed by atoms with Crippen LogP contribution in [-0.2, 0) is 14.8 Å². The number of hydrogen-bond donors (Lipinski definition) is 1. The molecular weight excluding hydrogens is 526 g/mol. The van der Waals surface area contributed by atoms with Crippen molar-refractivity contribution in [2.45, 2.75) is 11.8 Å². The number of hydrogen-bond acceptors (Lipinski definition) is 9. The number of hydrazone groups is 1. The van der Waals surface area contributed by atoms with Gasteiger partial charge in [0.25, 0.3) is 15.9 Å². The van der Waals surface area contributed by atoms with Crippen LogP contribution in [0.2, 0.25) is 0 Å². The van der Waals surface area contributed by atoms with Gasteiger partial charge in [0.2, 0.25) is 5.75 Å². The molecule has 0 heterocycles. The standard InChI is InChI=1S/C27H31N3O8S/c1-18-7-9-20(10-8-18)30(39(32,33)21-11-12-22(34-2)23(15-21)35-3)17-26(31)29-28-16-19-13-24(36-4)27(38-6)25(14-19)37-5/h7-16H,17H2,1-6H3,(H,29,31)/b28-16-. The number of amides is 1. The van der Waals surface area contributed by atoms with Crippen molar-refractivity contribution >= 4 is 27.8 Å². The highest BCUT2D eigenvalue weighted by Crippen LogP contribution is 2.37. The quantitative estimate of drug-likeness (QED) is 0.265. The van der Waals surface area contributed by atoms with Gasteiger partial charge in [-0.1, -0.05) is 17.7 Å². The smallest absolute Gasteiger partial charge is 0.264 e. The maximum Gasteiger partial charge on any atom is 0.264 e. The number of rotatable bonds is 12. The van der Waals surface area contributed by atoms with Crippen LogP contribution in [0.25, 0.3) is 0 Å². The molecule has 0 aliphatic carbocycles. The second kappa shape index (κ2) is 12.9. The summed E-state index contributed by atoms with van der Waals surface area (Å²) in [5.41, 5.74) is 4.17. The lowest BCUT2D eigenvalue weighted by atomic mass is 10.2. The molecule has 1 amide bonds. The van der Waals surface area contributed by atoms with Gasteiger partial charge in [0.1, 0.15) is 6.54 Å². The zero-order valence-electron chi connectivity index (χ0n) is 22.5. The molecule has 208 valence electrons. The van der Waals surface area contributed by atoms with Crippen LogP contribution in [0, 0.1) is 6.92 Å². The van der Waals surface area contributed by atoms with Gasteiger partial charge >= 0.3 is 0 Å². The lowest BCUT2D eigenvalue weighted by Gasteiger charge is -2.24. The Labute approximate surface area is 227 Å². The van der Waals surface area contributed by atoms with E-state index in [9.17, 15) is 13.2 Å². The molecule has 11 nitrogen and oxygen atoms in total. The van der Waals surface area contributed by atoms with E-state index in [1.807, 2.05) is 6.92 Å². The Bertz CT molecular complexity index is 1410. The normalized spacial score (nSPS) is 11.1. The van der Waals surface area contributed by atoms with Gasteiger partial charge in [0, 0.05) is 11.6 Å². The van der Waals surface area contributed by atoms with Crippen molar-refractivity contribution in [3.63, 3.8) is 0 Å². The number of sulfonamides is 1. The molecule has 0 atom stereocenters. The SMILES string of the molecule is COc1ccc(S(=O)(=O)N(CC(=O)N/N=C\c2cc(OC)c(OC)c(OC)c2)c2ccc(C)cc2)cc1OC. The third kappa shape index (κ3) is 6.71. The van der Waals surface area contributed by atoms with Gasteiger partial charge in [-0.2, -0.15) is 5.10 Å². The fourth-order valence-corrected chi connectivity index (χ4v) is 5.09. The number of benzene rings is 3. The lowest BCUT2D eigenvalue weighted by Crippen LogP contribution is -2.39. The molecule has 0 spiro atoms. The molecule has 3 aromatic rings. The van der Waals surface area contributed by atoms with Crippen LogP contribution in [0.5, 0.6) is 28.7 Å². The summed E-state index contributed by atoms with van der Waals surface area (Å²) in [6.45, 7) is 1.34. The van der Waals surface area contributed by atoms with E-state index in [4.69, 9.17) is 23.7 Å². The van der Waals surface area contributed by atoms with Gasteiger partial charge in [-0.05, 0) is 43.3 Å². The molecule has 0 aliphatic rings. The molecule has 3 aromatic carbocycles. The van der Waals surface area contributed by atoms with Crippen molar-refractivity contribution in [2.24, 2.45) is 5.10 Å². The van der Waals surface area contributed by atoms with E-state index >= 15 is 0 Å². The molecule has 0 fully saturated rings. The molecule has 0 saturated carbocycles. The molecule has 0 radical (unpaired) electrons. The number of ether oxygens (including phenoxy) is 5. The Morgan fingerprint density at radius 3 is 1.95 bits per heavy atom. The highest BCUT2D eigenvalue weighted by Gasteiger charge is 2.28. The third-order valence-electron chi connectivity index (χ3n) is 5.64. The summed E-state index contributed by atoms with van der Waals surface area (Å²) in [6.07, 6.45) is 1.38. The third-order valence-corrected chi connectivity index (χ3v) is 7.41. The molecule has 39 heavy (non-hydrogen) atoms. The summed E-state index contributed by atoms with van der Waals surface area (Å²) in [6, 6.07) is 14.3. The Morgan fingerprint density at radius 2 is 1.41 bits per heavy atom. The number of carbonyl (C=O) groups excluding carboxylic acids is 1. The second-order valence-corrected chi connectivity index (χ2v) is 9.98. The summed E-state index contributed by atoms with van der Waals surface area (Å²) >= 11 is 0. The maximum atomic E-state index is 13.7. The first-order valence-corrected chi connectivity index (χ1v) is 13.1. The second-order valence-electron chi connectivity index (χ2n) is 8.12. The van der Waals surface area contributed by atoms with Crippen molar-refractivity contribution in [1.29, 1.82) is 0 Å². The van der Waals surface area contributed by atoms with E-state index in [0.29, 0.717) is 34.2 Å². The number of aryl methyl sites for hydroxylation is 1. The molecule has 0 aromatic heterocycles. The Hall–Kier alpha value is -4.45. The highest BCUT2D eigenvalue weighted by molar-refractivity contribution is 7.92. The van der Waals surface area contributed by atoms with Crippen LogP contribution in [0.15, 0.2) is 64.6 Å². The van der Waals surface area contributed by atoms with E-state index in [-0.39, 0.29) is 10.6 Å². The summed E-state index contributed by atoms with van der Waals surface area (Å²) < 4.78 is 54.8. The largest absolute Gasteiger partial charge is 0.493 e. The first-order valence-electron chi connectivity index (χ1n) is 11.6. The fourth-order valence-electron chi connectivity index (χ4n) is 3.65. The minimum absolute atomic E-state index is 0.0746. The predicted molar refractivity (Wildman–Crippen MR) is 147 cm³/mol. The monoisotopic (exact) mass is 557 g/mol. The number of carbonyl (C=O) groups is 1. The molecule has 0 aliphatic heterocycles. The molecule has 3 rings (SSSR count). The van der Waals surface area contributed by atoms with Crippen molar-refractivity contribution < 1.29 is 36.9 Å². The molecule has 0 unspecified atom stereocenters. The number of anilines is 1. The van der Waals surface area contributed by atoms with Gasteiger partial charge in [0.15, 0.2) is 23.0 Å². The predicted octanol–water partition coefficient (Wildman–Crippen LogP) is 3.38. The first-order chi connectivity index (χ1) is 18.7. The Balaban J connectivity index is 1.89. The average molecular weight is 558 g/mol. The van der Waals surface area contributed by atoms with E-state index in [1.165, 1.54) is 60.0 Å². The summed E-state index contributed by atoms with van der Waals surface area (Å²) in [5.74, 6) is 1.19. The maximum absolute atomic E-state index is 13.7. The number of nitrogens with zero attached hydrogens (tertiary/aromatic N) is 2. The molecular formula is C27H31N3O8S. The van der Waals surface area contributed by atoms with Gasteiger partial charge in [0.05, 0.1) is 52.3 Å². The van der Waals surface area contributed by atoms with Crippen molar-refractivity contribution in [1.82, 2.24) is 5.43 Å². The molecule has 0 bridgehead atoms. The van der Waals surface area contributed by atoms with Crippen molar-refractivity contribution in [3.05, 3.63) is 65.7 Å². The first kappa shape index (κ1) is 29.1. The van der Waals surface area contributed by atoms with Crippen molar-refractivity contribution in [2.75, 3.05) is 46.4 Å². The van der Waals surface area contributed by atoms with Crippen LogP contribution in [0.4, 0.5) is 5.69 Å². The topological polar surface area (TPSA) is 125 Å². The van der Waals surface area contributed by atoms with E-state index in [1.54, 1.807) is 36.4 Å². The van der Waals surface area contributed by atoms with E-state index in [2.05, 4.69) is 10.5 Å². The van der Waals surface area contributed by atoms with Gasteiger partial charge in [-0.15, -0.1) is 0 Å². The molecule has 1 N–H and O–H groups in total. The van der Waals surface area contributed by atoms with Crippen LogP contribution >= 0.6 is 0 Å². The summed E-state index contributed by atoms with van der Waals surface area (Å²) in [7, 11) is 3.14.